The number of rotatable bonds is 3. The number of hydrogen-bond acceptors (Lipinski definition) is 3. The van der Waals surface area contributed by atoms with Gasteiger partial charge in [0.05, 0.1) is 6.54 Å². The molecule has 2 aromatic carbocycles. The van der Waals surface area contributed by atoms with Gasteiger partial charge < -0.3 is 5.11 Å². The number of aromatic nitrogens is 3. The summed E-state index contributed by atoms with van der Waals surface area (Å²) in [5.74, 6) is 0. The SMILES string of the molecule is O[C@@]1(Cn2cncn2)C(=Cc2ccc(Cl)cc2)CCc2ccccc21. The molecule has 0 radical (unpaired) electrons. The van der Waals surface area contributed by atoms with E-state index in [9.17, 15) is 5.11 Å². The van der Waals surface area contributed by atoms with Crippen LogP contribution in [0, 0.1) is 0 Å². The molecule has 1 N–H and O–H groups in total. The van der Waals surface area contributed by atoms with Crippen LogP contribution in [0.25, 0.3) is 6.08 Å². The zero-order chi connectivity index (χ0) is 17.3. The maximum absolute atomic E-state index is 11.7. The third kappa shape index (κ3) is 3.11. The quantitative estimate of drug-likeness (QED) is 0.779. The highest BCUT2D eigenvalue weighted by Crippen LogP contribution is 2.41. The molecule has 1 aliphatic carbocycles. The number of halogens is 1. The molecular weight excluding hydrogens is 334 g/mol. The first-order valence-electron chi connectivity index (χ1n) is 8.25. The van der Waals surface area contributed by atoms with Gasteiger partial charge in [-0.05, 0) is 47.2 Å². The van der Waals surface area contributed by atoms with Crippen LogP contribution in [-0.4, -0.2) is 19.9 Å². The minimum absolute atomic E-state index is 0.337. The van der Waals surface area contributed by atoms with Crippen molar-refractivity contribution in [3.8, 4) is 0 Å². The molecule has 3 aromatic rings. The summed E-state index contributed by atoms with van der Waals surface area (Å²) >= 11 is 5.98. The molecule has 4 rings (SSSR count). The van der Waals surface area contributed by atoms with Gasteiger partial charge in [0, 0.05) is 5.02 Å². The first-order chi connectivity index (χ1) is 12.1. The van der Waals surface area contributed by atoms with Crippen molar-refractivity contribution in [1.82, 2.24) is 14.8 Å². The Morgan fingerprint density at radius 3 is 2.68 bits per heavy atom. The molecule has 1 aliphatic rings. The van der Waals surface area contributed by atoms with Gasteiger partial charge in [0.25, 0.3) is 0 Å². The molecule has 1 atom stereocenters. The van der Waals surface area contributed by atoms with Crippen molar-refractivity contribution in [3.05, 3.63) is 88.5 Å². The number of nitrogens with zero attached hydrogens (tertiary/aromatic N) is 3. The van der Waals surface area contributed by atoms with Gasteiger partial charge in [-0.3, -0.25) is 0 Å². The van der Waals surface area contributed by atoms with Crippen LogP contribution >= 0.6 is 11.6 Å². The van der Waals surface area contributed by atoms with Gasteiger partial charge in [-0.15, -0.1) is 0 Å². The lowest BCUT2D eigenvalue weighted by atomic mass is 9.74. The Hall–Kier alpha value is -2.43. The van der Waals surface area contributed by atoms with Gasteiger partial charge in [-0.1, -0.05) is 54.1 Å². The molecule has 0 aliphatic heterocycles. The third-order valence-electron chi connectivity index (χ3n) is 4.73. The molecule has 25 heavy (non-hydrogen) atoms. The minimum Gasteiger partial charge on any atom is -0.379 e. The van der Waals surface area contributed by atoms with E-state index in [1.54, 1.807) is 11.0 Å². The van der Waals surface area contributed by atoms with Crippen LogP contribution in [0.1, 0.15) is 23.1 Å². The number of aryl methyl sites for hydroxylation is 1. The molecule has 1 aromatic heterocycles. The van der Waals surface area contributed by atoms with Crippen LogP contribution in [0.15, 0.2) is 66.8 Å². The summed E-state index contributed by atoms with van der Waals surface area (Å²) in [5, 5.41) is 16.6. The molecule has 1 heterocycles. The fourth-order valence-electron chi connectivity index (χ4n) is 3.48. The van der Waals surface area contributed by atoms with Crippen molar-refractivity contribution >= 4 is 17.7 Å². The highest BCUT2D eigenvalue weighted by molar-refractivity contribution is 6.30. The van der Waals surface area contributed by atoms with Crippen LogP contribution in [-0.2, 0) is 18.6 Å². The topological polar surface area (TPSA) is 50.9 Å². The highest BCUT2D eigenvalue weighted by Gasteiger charge is 2.39. The molecule has 5 heteroatoms. The van der Waals surface area contributed by atoms with E-state index in [0.717, 1.165) is 29.5 Å². The smallest absolute Gasteiger partial charge is 0.137 e. The monoisotopic (exact) mass is 351 g/mol. The van der Waals surface area contributed by atoms with E-state index in [4.69, 9.17) is 11.6 Å². The first-order valence-corrected chi connectivity index (χ1v) is 8.63. The molecule has 126 valence electrons. The number of benzene rings is 2. The van der Waals surface area contributed by atoms with Crippen LogP contribution in [0.5, 0.6) is 0 Å². The van der Waals surface area contributed by atoms with Gasteiger partial charge in [-0.25, -0.2) is 9.67 Å². The van der Waals surface area contributed by atoms with Crippen molar-refractivity contribution in [2.45, 2.75) is 25.0 Å². The Labute approximate surface area is 151 Å². The lowest BCUT2D eigenvalue weighted by molar-refractivity contribution is 0.0456. The Balaban J connectivity index is 1.81. The largest absolute Gasteiger partial charge is 0.379 e. The van der Waals surface area contributed by atoms with Crippen LogP contribution < -0.4 is 0 Å². The zero-order valence-electron chi connectivity index (χ0n) is 13.6. The summed E-state index contributed by atoms with van der Waals surface area (Å²) in [5.41, 5.74) is 3.01. The minimum atomic E-state index is -1.11. The molecule has 0 saturated heterocycles. The summed E-state index contributed by atoms with van der Waals surface area (Å²) in [6.07, 6.45) is 6.89. The van der Waals surface area contributed by atoms with E-state index in [-0.39, 0.29) is 0 Å². The molecule has 0 amide bonds. The van der Waals surface area contributed by atoms with Crippen molar-refractivity contribution in [1.29, 1.82) is 0 Å². The van der Waals surface area contributed by atoms with Crippen molar-refractivity contribution in [2.75, 3.05) is 0 Å². The fourth-order valence-corrected chi connectivity index (χ4v) is 3.60. The van der Waals surface area contributed by atoms with E-state index >= 15 is 0 Å². The standard InChI is InChI=1S/C20H18ClN3O/c21-18-9-5-15(6-10-18)11-17-8-7-16-3-1-2-4-19(16)20(17,25)12-24-14-22-13-23-24/h1-6,9-11,13-14,25H,7-8,12H2/t20-/m0/s1. The van der Waals surface area contributed by atoms with Gasteiger partial charge in [0.1, 0.15) is 18.3 Å². The summed E-state index contributed by atoms with van der Waals surface area (Å²) in [6.45, 7) is 0.337. The van der Waals surface area contributed by atoms with Crippen LogP contribution in [0.3, 0.4) is 0 Å². The van der Waals surface area contributed by atoms with E-state index in [1.165, 1.54) is 11.9 Å². The van der Waals surface area contributed by atoms with Crippen molar-refractivity contribution in [2.24, 2.45) is 0 Å². The van der Waals surface area contributed by atoms with Crippen LogP contribution in [0.4, 0.5) is 0 Å². The second-order valence-corrected chi connectivity index (χ2v) is 6.77. The lowest BCUT2D eigenvalue weighted by Gasteiger charge is -2.37. The molecular formula is C20H18ClN3O. The molecule has 4 nitrogen and oxygen atoms in total. The summed E-state index contributed by atoms with van der Waals surface area (Å²) in [7, 11) is 0. The Morgan fingerprint density at radius 2 is 1.92 bits per heavy atom. The Morgan fingerprint density at radius 1 is 1.12 bits per heavy atom. The van der Waals surface area contributed by atoms with E-state index < -0.39 is 5.60 Å². The highest BCUT2D eigenvalue weighted by atomic mass is 35.5. The van der Waals surface area contributed by atoms with Crippen molar-refractivity contribution in [3.63, 3.8) is 0 Å². The maximum Gasteiger partial charge on any atom is 0.137 e. The zero-order valence-corrected chi connectivity index (χ0v) is 14.4. The molecule has 0 bridgehead atoms. The number of fused-ring (bicyclic) bond motifs is 1. The number of aliphatic hydroxyl groups is 1. The normalized spacial score (nSPS) is 21.3. The maximum atomic E-state index is 11.7. The predicted octanol–water partition coefficient (Wildman–Crippen LogP) is 3.85. The van der Waals surface area contributed by atoms with Gasteiger partial charge in [0.15, 0.2) is 0 Å². The molecule has 0 unspecified atom stereocenters. The predicted molar refractivity (Wildman–Crippen MR) is 98.1 cm³/mol. The third-order valence-corrected chi connectivity index (χ3v) is 4.98. The van der Waals surface area contributed by atoms with Gasteiger partial charge >= 0.3 is 0 Å². The van der Waals surface area contributed by atoms with E-state index in [0.29, 0.717) is 11.6 Å². The molecule has 0 spiro atoms. The fraction of sp³-hybridized carbons (Fsp3) is 0.200. The number of hydrogen-bond donors (Lipinski definition) is 1. The van der Waals surface area contributed by atoms with Gasteiger partial charge in [-0.2, -0.15) is 5.10 Å². The second-order valence-electron chi connectivity index (χ2n) is 6.33. The van der Waals surface area contributed by atoms with Crippen molar-refractivity contribution < 1.29 is 5.11 Å². The average molecular weight is 352 g/mol. The average Bonchev–Trinajstić information content (AvgIpc) is 3.12. The van der Waals surface area contributed by atoms with E-state index in [1.807, 2.05) is 42.5 Å². The second kappa shape index (κ2) is 6.47. The van der Waals surface area contributed by atoms with Gasteiger partial charge in [0.2, 0.25) is 0 Å². The summed E-state index contributed by atoms with van der Waals surface area (Å²) < 4.78 is 1.68. The Bertz CT molecular complexity index is 903. The van der Waals surface area contributed by atoms with Crippen LogP contribution in [0.2, 0.25) is 5.02 Å². The lowest BCUT2D eigenvalue weighted by Crippen LogP contribution is -2.37. The molecule has 0 saturated carbocycles. The van der Waals surface area contributed by atoms with E-state index in [2.05, 4.69) is 22.2 Å². The summed E-state index contributed by atoms with van der Waals surface area (Å²) in [6, 6.07) is 15.7. The Kier molecular flexibility index (Phi) is 4.15. The molecule has 0 fully saturated rings. The summed E-state index contributed by atoms with van der Waals surface area (Å²) in [4.78, 5) is 4.00. The first kappa shape index (κ1) is 16.1.